The van der Waals surface area contributed by atoms with Crippen molar-refractivity contribution in [1.82, 2.24) is 20.1 Å². The van der Waals surface area contributed by atoms with Gasteiger partial charge in [0, 0.05) is 44.7 Å². The van der Waals surface area contributed by atoms with Crippen molar-refractivity contribution in [3.63, 3.8) is 0 Å². The molecule has 3 aromatic rings. The monoisotopic (exact) mass is 420 g/mol. The van der Waals surface area contributed by atoms with Crippen LogP contribution in [0.2, 0.25) is 0 Å². The molecule has 162 valence electrons. The minimum absolute atomic E-state index is 0.0568. The molecule has 2 N–H and O–H groups in total. The van der Waals surface area contributed by atoms with E-state index in [1.54, 1.807) is 12.1 Å². The first-order valence-corrected chi connectivity index (χ1v) is 10.7. The van der Waals surface area contributed by atoms with Crippen molar-refractivity contribution in [2.24, 2.45) is 4.99 Å². The third-order valence-electron chi connectivity index (χ3n) is 5.21. The summed E-state index contributed by atoms with van der Waals surface area (Å²) in [6.45, 7) is 6.93. The van der Waals surface area contributed by atoms with Crippen molar-refractivity contribution in [1.29, 1.82) is 0 Å². The van der Waals surface area contributed by atoms with E-state index in [1.807, 2.05) is 29.2 Å². The fourth-order valence-corrected chi connectivity index (χ4v) is 3.61. The number of nitrogens with one attached hydrogen (secondary N) is 2. The van der Waals surface area contributed by atoms with Crippen molar-refractivity contribution >= 4 is 28.6 Å². The van der Waals surface area contributed by atoms with Crippen LogP contribution in [0, 0.1) is 0 Å². The van der Waals surface area contributed by atoms with Crippen molar-refractivity contribution in [2.45, 2.75) is 6.92 Å². The number of hydrogen-bond acceptors (Lipinski definition) is 5. The molecular formula is C23H28N6O2. The number of aromatic nitrogens is 1. The second kappa shape index (κ2) is 9.97. The first-order chi connectivity index (χ1) is 15.2. The summed E-state index contributed by atoms with van der Waals surface area (Å²) in [5.41, 5.74) is 0.978. The largest absolute Gasteiger partial charge is 0.459 e. The number of fused-ring (bicyclic) bond motifs is 1. The molecule has 1 amide bonds. The Balaban J connectivity index is 1.29. The van der Waals surface area contributed by atoms with Gasteiger partial charge in [0.25, 0.3) is 5.91 Å². The van der Waals surface area contributed by atoms with Crippen LogP contribution in [-0.2, 0) is 0 Å². The van der Waals surface area contributed by atoms with Crippen LogP contribution in [0.25, 0.3) is 10.9 Å². The predicted octanol–water partition coefficient (Wildman–Crippen LogP) is 2.66. The summed E-state index contributed by atoms with van der Waals surface area (Å²) in [6, 6.07) is 15.6. The maximum absolute atomic E-state index is 12.4. The number of rotatable bonds is 6. The van der Waals surface area contributed by atoms with E-state index in [0.29, 0.717) is 31.9 Å². The molecule has 0 saturated carbocycles. The molecule has 1 aromatic carbocycles. The SMILES string of the molecule is CCNC(=NCCNc1ccc2ccccc2n1)N1CCN(C(=O)c2ccco2)CC1. The Bertz CT molecular complexity index is 1030. The van der Waals surface area contributed by atoms with Gasteiger partial charge in [-0.15, -0.1) is 0 Å². The van der Waals surface area contributed by atoms with Crippen LogP contribution in [0.3, 0.4) is 0 Å². The highest BCUT2D eigenvalue weighted by atomic mass is 16.3. The Labute approximate surface area is 182 Å². The van der Waals surface area contributed by atoms with Gasteiger partial charge in [-0.25, -0.2) is 4.98 Å². The van der Waals surface area contributed by atoms with E-state index < -0.39 is 0 Å². The van der Waals surface area contributed by atoms with Crippen LogP contribution in [0.1, 0.15) is 17.5 Å². The third kappa shape index (κ3) is 5.14. The number of para-hydroxylation sites is 1. The molecule has 4 rings (SSSR count). The van der Waals surface area contributed by atoms with E-state index >= 15 is 0 Å². The number of pyridine rings is 1. The van der Waals surface area contributed by atoms with Crippen LogP contribution in [0.5, 0.6) is 0 Å². The summed E-state index contributed by atoms with van der Waals surface area (Å²) in [7, 11) is 0. The average Bonchev–Trinajstić information content (AvgIpc) is 3.36. The molecule has 3 heterocycles. The Morgan fingerprint density at radius 3 is 2.65 bits per heavy atom. The summed E-state index contributed by atoms with van der Waals surface area (Å²) >= 11 is 0. The lowest BCUT2D eigenvalue weighted by molar-refractivity contribution is 0.0657. The van der Waals surface area contributed by atoms with E-state index in [1.165, 1.54) is 6.26 Å². The van der Waals surface area contributed by atoms with Crippen LogP contribution in [-0.4, -0.2) is 72.5 Å². The number of anilines is 1. The molecule has 0 spiro atoms. The van der Waals surface area contributed by atoms with Crippen molar-refractivity contribution in [3.05, 3.63) is 60.6 Å². The van der Waals surface area contributed by atoms with E-state index in [0.717, 1.165) is 42.3 Å². The topological polar surface area (TPSA) is 86.0 Å². The van der Waals surface area contributed by atoms with Crippen molar-refractivity contribution in [2.75, 3.05) is 51.1 Å². The van der Waals surface area contributed by atoms with Gasteiger partial charge >= 0.3 is 0 Å². The molecule has 1 aliphatic heterocycles. The van der Waals surface area contributed by atoms with E-state index in [9.17, 15) is 4.79 Å². The smallest absolute Gasteiger partial charge is 0.289 e. The van der Waals surface area contributed by atoms with Gasteiger partial charge in [0.2, 0.25) is 0 Å². The Hall–Kier alpha value is -3.55. The molecule has 0 bridgehead atoms. The number of amides is 1. The molecule has 8 heteroatoms. The quantitative estimate of drug-likeness (QED) is 0.362. The summed E-state index contributed by atoms with van der Waals surface area (Å²) in [6.07, 6.45) is 1.53. The van der Waals surface area contributed by atoms with Crippen LogP contribution >= 0.6 is 0 Å². The second-order valence-electron chi connectivity index (χ2n) is 7.31. The van der Waals surface area contributed by atoms with Gasteiger partial charge < -0.3 is 24.9 Å². The van der Waals surface area contributed by atoms with Crippen LogP contribution in [0.4, 0.5) is 5.82 Å². The highest BCUT2D eigenvalue weighted by Crippen LogP contribution is 2.14. The summed E-state index contributed by atoms with van der Waals surface area (Å²) < 4.78 is 5.23. The van der Waals surface area contributed by atoms with Gasteiger partial charge in [0.05, 0.1) is 18.3 Å². The fraction of sp³-hybridized carbons (Fsp3) is 0.348. The van der Waals surface area contributed by atoms with Crippen molar-refractivity contribution in [3.8, 4) is 0 Å². The number of carbonyl (C=O) groups is 1. The number of furan rings is 1. The molecule has 8 nitrogen and oxygen atoms in total. The molecule has 1 saturated heterocycles. The third-order valence-corrected chi connectivity index (χ3v) is 5.21. The Morgan fingerprint density at radius 2 is 1.87 bits per heavy atom. The second-order valence-corrected chi connectivity index (χ2v) is 7.31. The number of carbonyl (C=O) groups excluding carboxylic acids is 1. The number of benzene rings is 1. The maximum Gasteiger partial charge on any atom is 0.289 e. The molecule has 2 aromatic heterocycles. The van der Waals surface area contributed by atoms with Gasteiger partial charge in [0.1, 0.15) is 5.82 Å². The minimum Gasteiger partial charge on any atom is -0.459 e. The van der Waals surface area contributed by atoms with Crippen molar-refractivity contribution < 1.29 is 9.21 Å². The highest BCUT2D eigenvalue weighted by Gasteiger charge is 2.25. The Kier molecular flexibility index (Phi) is 6.66. The number of piperazine rings is 1. The number of guanidine groups is 1. The zero-order valence-corrected chi connectivity index (χ0v) is 17.8. The molecule has 0 atom stereocenters. The summed E-state index contributed by atoms with van der Waals surface area (Å²) in [5.74, 6) is 2.06. The van der Waals surface area contributed by atoms with Gasteiger partial charge in [-0.05, 0) is 37.3 Å². The van der Waals surface area contributed by atoms with Gasteiger partial charge in [-0.2, -0.15) is 0 Å². The lowest BCUT2D eigenvalue weighted by Gasteiger charge is -2.36. The van der Waals surface area contributed by atoms with Crippen LogP contribution in [0.15, 0.2) is 64.2 Å². The zero-order chi connectivity index (χ0) is 21.5. The van der Waals surface area contributed by atoms with E-state index in [4.69, 9.17) is 9.41 Å². The normalized spacial score (nSPS) is 14.7. The number of aliphatic imine (C=N–C) groups is 1. The lowest BCUT2D eigenvalue weighted by Crippen LogP contribution is -2.53. The van der Waals surface area contributed by atoms with Gasteiger partial charge in [-0.1, -0.05) is 18.2 Å². The molecule has 1 fully saturated rings. The predicted molar refractivity (Wildman–Crippen MR) is 122 cm³/mol. The zero-order valence-electron chi connectivity index (χ0n) is 17.8. The first-order valence-electron chi connectivity index (χ1n) is 10.7. The lowest BCUT2D eigenvalue weighted by atomic mass is 10.2. The van der Waals surface area contributed by atoms with Gasteiger partial charge in [-0.3, -0.25) is 9.79 Å². The first kappa shape index (κ1) is 20.7. The van der Waals surface area contributed by atoms with E-state index in [-0.39, 0.29) is 5.91 Å². The van der Waals surface area contributed by atoms with Gasteiger partial charge in [0.15, 0.2) is 11.7 Å². The highest BCUT2D eigenvalue weighted by molar-refractivity contribution is 5.91. The molecule has 0 radical (unpaired) electrons. The molecule has 0 unspecified atom stereocenters. The minimum atomic E-state index is -0.0568. The Morgan fingerprint density at radius 1 is 1.06 bits per heavy atom. The van der Waals surface area contributed by atoms with Crippen LogP contribution < -0.4 is 10.6 Å². The summed E-state index contributed by atoms with van der Waals surface area (Å²) in [4.78, 5) is 25.9. The molecule has 0 aliphatic carbocycles. The average molecular weight is 421 g/mol. The number of hydrogen-bond donors (Lipinski definition) is 2. The molecule has 31 heavy (non-hydrogen) atoms. The van der Waals surface area contributed by atoms with E-state index in [2.05, 4.69) is 39.6 Å². The fourth-order valence-electron chi connectivity index (χ4n) is 3.61. The molecular weight excluding hydrogens is 392 g/mol. The maximum atomic E-state index is 12.4. The summed E-state index contributed by atoms with van der Waals surface area (Å²) in [5, 5.41) is 7.83. The standard InChI is InChI=1S/C23H28N6O2/c1-2-24-23(29-15-13-28(14-16-29)22(30)20-8-5-17-31-20)26-12-11-25-21-10-9-18-6-3-4-7-19(18)27-21/h3-10,17H,2,11-16H2,1H3,(H,24,26)(H,25,27). The molecule has 1 aliphatic rings. The number of nitrogens with zero attached hydrogens (tertiary/aromatic N) is 4.